The van der Waals surface area contributed by atoms with Crippen LogP contribution in [0.25, 0.3) is 0 Å². The summed E-state index contributed by atoms with van der Waals surface area (Å²) in [7, 11) is 0. The molecule has 2 aliphatic heterocycles. The van der Waals surface area contributed by atoms with E-state index in [2.05, 4.69) is 4.90 Å². The first-order valence-corrected chi connectivity index (χ1v) is 6.07. The second kappa shape index (κ2) is 5.50. The number of rotatable bonds is 1. The van der Waals surface area contributed by atoms with Crippen LogP contribution >= 0.6 is 0 Å². The minimum Gasteiger partial charge on any atom is -0.465 e. The minimum atomic E-state index is -0.783. The first-order chi connectivity index (χ1) is 7.77. The molecule has 0 aliphatic carbocycles. The van der Waals surface area contributed by atoms with Gasteiger partial charge in [0, 0.05) is 45.4 Å². The first kappa shape index (κ1) is 11.7. The van der Waals surface area contributed by atoms with E-state index in [1.165, 1.54) is 4.90 Å². The van der Waals surface area contributed by atoms with Gasteiger partial charge in [0.05, 0.1) is 0 Å². The molecule has 0 bridgehead atoms. The molecule has 0 aromatic carbocycles. The molecule has 5 heteroatoms. The fourth-order valence-electron chi connectivity index (χ4n) is 2.54. The lowest BCUT2D eigenvalue weighted by Crippen LogP contribution is -2.42. The van der Waals surface area contributed by atoms with Crippen LogP contribution in [-0.2, 0) is 4.74 Å². The highest BCUT2D eigenvalue weighted by molar-refractivity contribution is 5.64. The van der Waals surface area contributed by atoms with Gasteiger partial charge in [0.2, 0.25) is 0 Å². The van der Waals surface area contributed by atoms with Gasteiger partial charge in [-0.05, 0) is 19.3 Å². The molecular formula is C11H20N2O3. The number of nitrogens with zero attached hydrogens (tertiary/aromatic N) is 2. The van der Waals surface area contributed by atoms with Crippen LogP contribution in [0.3, 0.4) is 0 Å². The summed E-state index contributed by atoms with van der Waals surface area (Å²) in [6.07, 6.45) is 2.35. The topological polar surface area (TPSA) is 53.0 Å². The van der Waals surface area contributed by atoms with Crippen molar-refractivity contribution in [2.45, 2.75) is 25.3 Å². The molecule has 2 aliphatic rings. The van der Waals surface area contributed by atoms with E-state index in [1.54, 1.807) is 0 Å². The Hall–Kier alpha value is -0.810. The summed E-state index contributed by atoms with van der Waals surface area (Å²) >= 11 is 0. The molecule has 0 saturated carbocycles. The minimum absolute atomic E-state index is 0.600. The second-order valence-corrected chi connectivity index (χ2v) is 4.50. The van der Waals surface area contributed by atoms with Gasteiger partial charge >= 0.3 is 6.09 Å². The molecule has 16 heavy (non-hydrogen) atoms. The van der Waals surface area contributed by atoms with E-state index in [0.29, 0.717) is 19.1 Å². The van der Waals surface area contributed by atoms with Gasteiger partial charge in [-0.2, -0.15) is 0 Å². The molecule has 2 fully saturated rings. The van der Waals surface area contributed by atoms with Crippen LogP contribution in [0.2, 0.25) is 0 Å². The average Bonchev–Trinajstić information content (AvgIpc) is 2.55. The Morgan fingerprint density at radius 2 is 1.88 bits per heavy atom. The zero-order valence-electron chi connectivity index (χ0n) is 9.60. The maximum atomic E-state index is 10.9. The highest BCUT2D eigenvalue weighted by Crippen LogP contribution is 2.16. The quantitative estimate of drug-likeness (QED) is 0.723. The molecule has 0 spiro atoms. The number of carbonyl (C=O) groups is 1. The van der Waals surface area contributed by atoms with Crippen LogP contribution in [0.5, 0.6) is 0 Å². The van der Waals surface area contributed by atoms with Crippen LogP contribution < -0.4 is 0 Å². The number of hydrogen-bond donors (Lipinski definition) is 1. The van der Waals surface area contributed by atoms with Crippen molar-refractivity contribution in [1.29, 1.82) is 0 Å². The van der Waals surface area contributed by atoms with Gasteiger partial charge in [-0.15, -0.1) is 0 Å². The van der Waals surface area contributed by atoms with Crippen molar-refractivity contribution in [3.05, 3.63) is 0 Å². The molecule has 2 heterocycles. The normalized spacial score (nSPS) is 25.4. The number of amides is 1. The lowest BCUT2D eigenvalue weighted by molar-refractivity contribution is 0.0354. The summed E-state index contributed by atoms with van der Waals surface area (Å²) in [4.78, 5) is 14.8. The number of hydrogen-bond acceptors (Lipinski definition) is 3. The van der Waals surface area contributed by atoms with Gasteiger partial charge in [-0.1, -0.05) is 0 Å². The van der Waals surface area contributed by atoms with Gasteiger partial charge in [0.1, 0.15) is 0 Å². The highest BCUT2D eigenvalue weighted by atomic mass is 16.5. The van der Waals surface area contributed by atoms with E-state index < -0.39 is 6.09 Å². The third-order valence-corrected chi connectivity index (χ3v) is 3.51. The predicted octanol–water partition coefficient (Wildman–Crippen LogP) is 0.851. The van der Waals surface area contributed by atoms with Crippen LogP contribution in [0.4, 0.5) is 4.79 Å². The predicted molar refractivity (Wildman–Crippen MR) is 59.6 cm³/mol. The van der Waals surface area contributed by atoms with Crippen molar-refractivity contribution in [3.63, 3.8) is 0 Å². The largest absolute Gasteiger partial charge is 0.465 e. The van der Waals surface area contributed by atoms with E-state index in [-0.39, 0.29) is 0 Å². The lowest BCUT2D eigenvalue weighted by Gasteiger charge is -2.33. The summed E-state index contributed by atoms with van der Waals surface area (Å²) in [5, 5.41) is 8.95. The zero-order valence-corrected chi connectivity index (χ0v) is 9.60. The maximum absolute atomic E-state index is 10.9. The lowest BCUT2D eigenvalue weighted by atomic mass is 10.1. The van der Waals surface area contributed by atoms with Crippen LogP contribution in [0.15, 0.2) is 0 Å². The fraction of sp³-hybridized carbons (Fsp3) is 0.909. The Morgan fingerprint density at radius 3 is 2.56 bits per heavy atom. The molecular weight excluding hydrogens is 208 g/mol. The van der Waals surface area contributed by atoms with Gasteiger partial charge in [-0.3, -0.25) is 4.90 Å². The van der Waals surface area contributed by atoms with Crippen molar-refractivity contribution >= 4 is 6.09 Å². The Morgan fingerprint density at radius 1 is 1.12 bits per heavy atom. The molecule has 0 atom stereocenters. The van der Waals surface area contributed by atoms with Crippen molar-refractivity contribution in [3.8, 4) is 0 Å². The molecule has 0 aromatic heterocycles. The SMILES string of the molecule is O=C(O)N1CCCN(C2CCOCC2)CC1. The zero-order chi connectivity index (χ0) is 11.4. The molecule has 5 nitrogen and oxygen atoms in total. The van der Waals surface area contributed by atoms with E-state index in [4.69, 9.17) is 9.84 Å². The Balaban J connectivity index is 1.85. The van der Waals surface area contributed by atoms with E-state index >= 15 is 0 Å². The van der Waals surface area contributed by atoms with Crippen LogP contribution in [0, 0.1) is 0 Å². The monoisotopic (exact) mass is 228 g/mol. The third-order valence-electron chi connectivity index (χ3n) is 3.51. The summed E-state index contributed by atoms with van der Waals surface area (Å²) in [6.45, 7) is 4.92. The highest BCUT2D eigenvalue weighted by Gasteiger charge is 2.25. The third kappa shape index (κ3) is 2.86. The number of ether oxygens (including phenoxy) is 1. The summed E-state index contributed by atoms with van der Waals surface area (Å²) in [5.74, 6) is 0. The summed E-state index contributed by atoms with van der Waals surface area (Å²) in [6, 6.07) is 0.600. The fourth-order valence-corrected chi connectivity index (χ4v) is 2.54. The van der Waals surface area contributed by atoms with Crippen molar-refractivity contribution in [2.24, 2.45) is 0 Å². The molecule has 92 valence electrons. The van der Waals surface area contributed by atoms with E-state index in [1.807, 2.05) is 0 Å². The van der Waals surface area contributed by atoms with Crippen LogP contribution in [0.1, 0.15) is 19.3 Å². The Bertz CT molecular complexity index is 241. The second-order valence-electron chi connectivity index (χ2n) is 4.50. The maximum Gasteiger partial charge on any atom is 0.407 e. The van der Waals surface area contributed by atoms with Crippen LogP contribution in [-0.4, -0.2) is 66.4 Å². The molecule has 2 rings (SSSR count). The summed E-state index contributed by atoms with van der Waals surface area (Å²) in [5.41, 5.74) is 0. The summed E-state index contributed by atoms with van der Waals surface area (Å²) < 4.78 is 5.35. The first-order valence-electron chi connectivity index (χ1n) is 6.07. The Kier molecular flexibility index (Phi) is 4.01. The molecule has 1 amide bonds. The smallest absolute Gasteiger partial charge is 0.407 e. The van der Waals surface area contributed by atoms with Crippen molar-refractivity contribution in [1.82, 2.24) is 9.80 Å². The van der Waals surface area contributed by atoms with Gasteiger partial charge in [0.25, 0.3) is 0 Å². The molecule has 0 radical (unpaired) electrons. The number of carboxylic acid groups (broad SMARTS) is 1. The standard InChI is InChI=1S/C11H20N2O3/c14-11(15)13-5-1-4-12(6-7-13)10-2-8-16-9-3-10/h10H,1-9H2,(H,14,15). The van der Waals surface area contributed by atoms with Gasteiger partial charge < -0.3 is 14.7 Å². The molecule has 2 saturated heterocycles. The molecule has 0 aromatic rings. The van der Waals surface area contributed by atoms with Crippen molar-refractivity contribution in [2.75, 3.05) is 39.4 Å². The molecule has 0 unspecified atom stereocenters. The van der Waals surface area contributed by atoms with Gasteiger partial charge in [-0.25, -0.2) is 4.79 Å². The average molecular weight is 228 g/mol. The van der Waals surface area contributed by atoms with E-state index in [0.717, 1.165) is 45.6 Å². The van der Waals surface area contributed by atoms with E-state index in [9.17, 15) is 4.79 Å². The van der Waals surface area contributed by atoms with Gasteiger partial charge in [0.15, 0.2) is 0 Å². The van der Waals surface area contributed by atoms with Crippen molar-refractivity contribution < 1.29 is 14.6 Å². The Labute approximate surface area is 96.0 Å². The molecule has 1 N–H and O–H groups in total.